The summed E-state index contributed by atoms with van der Waals surface area (Å²) in [7, 11) is 1.43. The van der Waals surface area contributed by atoms with E-state index in [0.717, 1.165) is 6.20 Å². The van der Waals surface area contributed by atoms with Crippen molar-refractivity contribution >= 4 is 22.6 Å². The van der Waals surface area contributed by atoms with Crippen molar-refractivity contribution in [3.05, 3.63) is 21.5 Å². The van der Waals surface area contributed by atoms with Crippen LogP contribution in [0.25, 0.3) is 0 Å². The summed E-state index contributed by atoms with van der Waals surface area (Å²) >= 11 is 1.81. The van der Waals surface area contributed by atoms with Crippen LogP contribution in [0.15, 0.2) is 12.4 Å². The van der Waals surface area contributed by atoms with Crippen LogP contribution in [-0.2, 0) is 0 Å². The first-order valence-corrected chi connectivity index (χ1v) is 4.20. The highest BCUT2D eigenvalue weighted by atomic mass is 127. The van der Waals surface area contributed by atoms with E-state index >= 15 is 0 Å². The first kappa shape index (κ1) is 9.63. The van der Waals surface area contributed by atoms with Gasteiger partial charge in [0.1, 0.15) is 0 Å². The van der Waals surface area contributed by atoms with Crippen LogP contribution in [0.2, 0.25) is 0 Å². The van der Waals surface area contributed by atoms with Gasteiger partial charge in [0.05, 0.1) is 22.4 Å². The Bertz CT molecular complexity index is 280. The zero-order chi connectivity index (χ0) is 9.14. The molecule has 1 aromatic heterocycles. The minimum absolute atomic E-state index is 0.0880. The smallest absolute Gasteiger partial charge is 0.266 e. The van der Waals surface area contributed by atoms with Crippen LogP contribution in [0.3, 0.4) is 0 Å². The van der Waals surface area contributed by atoms with Crippen molar-refractivity contribution in [3.8, 4) is 5.75 Å². The number of nitrogens with zero attached hydrogens (tertiary/aromatic N) is 1. The molecule has 0 bridgehead atoms. The maximum absolute atomic E-state index is 12.2. The van der Waals surface area contributed by atoms with Crippen molar-refractivity contribution in [1.82, 2.24) is 4.98 Å². The Kier molecular flexibility index (Phi) is 3.19. The fourth-order valence-corrected chi connectivity index (χ4v) is 1.47. The third-order valence-electron chi connectivity index (χ3n) is 1.33. The van der Waals surface area contributed by atoms with Gasteiger partial charge in [-0.3, -0.25) is 4.98 Å². The molecule has 0 unspecified atom stereocenters. The first-order valence-electron chi connectivity index (χ1n) is 3.12. The first-order chi connectivity index (χ1) is 5.66. The number of halogens is 3. The lowest BCUT2D eigenvalue weighted by atomic mass is 10.3. The van der Waals surface area contributed by atoms with Gasteiger partial charge in [0.15, 0.2) is 5.75 Å². The summed E-state index contributed by atoms with van der Waals surface area (Å²) in [5.74, 6) is 0.383. The molecule has 0 spiro atoms. The SMILES string of the molecule is COc1cncc(C(F)F)c1I. The Morgan fingerprint density at radius 2 is 2.17 bits per heavy atom. The van der Waals surface area contributed by atoms with Gasteiger partial charge >= 0.3 is 0 Å². The minimum atomic E-state index is -2.50. The minimum Gasteiger partial charge on any atom is -0.494 e. The predicted octanol–water partition coefficient (Wildman–Crippen LogP) is 2.63. The topological polar surface area (TPSA) is 22.1 Å². The number of hydrogen-bond acceptors (Lipinski definition) is 2. The second-order valence-corrected chi connectivity index (χ2v) is 3.12. The summed E-state index contributed by atoms with van der Waals surface area (Å²) < 4.78 is 29.7. The van der Waals surface area contributed by atoms with Crippen molar-refractivity contribution in [2.75, 3.05) is 7.11 Å². The van der Waals surface area contributed by atoms with Gasteiger partial charge in [0.25, 0.3) is 6.43 Å². The number of aromatic nitrogens is 1. The normalized spacial score (nSPS) is 10.4. The summed E-state index contributed by atoms with van der Waals surface area (Å²) in [6, 6.07) is 0. The molecule has 0 aliphatic rings. The zero-order valence-corrected chi connectivity index (χ0v) is 8.38. The molecule has 0 saturated carbocycles. The predicted molar refractivity (Wildman–Crippen MR) is 48.5 cm³/mol. The Morgan fingerprint density at radius 1 is 1.50 bits per heavy atom. The van der Waals surface area contributed by atoms with Crippen molar-refractivity contribution < 1.29 is 13.5 Å². The molecule has 66 valence electrons. The maximum Gasteiger partial charge on any atom is 0.266 e. The number of hydrogen-bond donors (Lipinski definition) is 0. The van der Waals surface area contributed by atoms with E-state index < -0.39 is 6.43 Å². The molecule has 12 heavy (non-hydrogen) atoms. The summed E-state index contributed by atoms with van der Waals surface area (Å²) in [5, 5.41) is 0. The number of ether oxygens (including phenoxy) is 1. The molecule has 1 aromatic rings. The second kappa shape index (κ2) is 3.97. The van der Waals surface area contributed by atoms with Crippen LogP contribution in [0.1, 0.15) is 12.0 Å². The molecule has 0 amide bonds. The van der Waals surface area contributed by atoms with Gasteiger partial charge < -0.3 is 4.74 Å². The molecule has 0 saturated heterocycles. The van der Waals surface area contributed by atoms with E-state index in [0.29, 0.717) is 9.32 Å². The molecule has 1 rings (SSSR count). The molecule has 0 fully saturated rings. The third kappa shape index (κ3) is 1.82. The van der Waals surface area contributed by atoms with Crippen LogP contribution < -0.4 is 4.74 Å². The molecule has 2 nitrogen and oxygen atoms in total. The summed E-state index contributed by atoms with van der Waals surface area (Å²) in [5.41, 5.74) is -0.0880. The summed E-state index contributed by atoms with van der Waals surface area (Å²) in [4.78, 5) is 3.63. The molecule has 1 heterocycles. The standard InChI is InChI=1S/C7H6F2INO/c1-12-5-3-11-2-4(6(5)10)7(8)9/h2-3,7H,1H3. The van der Waals surface area contributed by atoms with Crippen LogP contribution in [0.5, 0.6) is 5.75 Å². The zero-order valence-electron chi connectivity index (χ0n) is 6.22. The maximum atomic E-state index is 12.2. The number of alkyl halides is 2. The van der Waals surface area contributed by atoms with Crippen molar-refractivity contribution in [2.45, 2.75) is 6.43 Å². The monoisotopic (exact) mass is 285 g/mol. The Morgan fingerprint density at radius 3 is 2.67 bits per heavy atom. The molecule has 0 N–H and O–H groups in total. The third-order valence-corrected chi connectivity index (χ3v) is 2.48. The summed E-state index contributed by atoms with van der Waals surface area (Å²) in [6.45, 7) is 0. The van der Waals surface area contributed by atoms with Crippen LogP contribution in [0.4, 0.5) is 8.78 Å². The van der Waals surface area contributed by atoms with E-state index in [4.69, 9.17) is 4.74 Å². The summed E-state index contributed by atoms with van der Waals surface area (Å²) in [6.07, 6.45) is 0.0577. The highest BCUT2D eigenvalue weighted by molar-refractivity contribution is 14.1. The van der Waals surface area contributed by atoms with Gasteiger partial charge in [-0.15, -0.1) is 0 Å². The highest BCUT2D eigenvalue weighted by Crippen LogP contribution is 2.29. The van der Waals surface area contributed by atoms with Crippen molar-refractivity contribution in [3.63, 3.8) is 0 Å². The number of rotatable bonds is 2. The Hall–Kier alpha value is -0.460. The quantitative estimate of drug-likeness (QED) is 0.779. The Labute approximate surface area is 82.1 Å². The highest BCUT2D eigenvalue weighted by Gasteiger charge is 2.14. The van der Waals surface area contributed by atoms with E-state index in [2.05, 4.69) is 4.98 Å². The van der Waals surface area contributed by atoms with Crippen molar-refractivity contribution in [1.29, 1.82) is 0 Å². The number of methoxy groups -OCH3 is 1. The molecule has 0 aromatic carbocycles. The molecular formula is C7H6F2INO. The Balaban J connectivity index is 3.14. The van der Waals surface area contributed by atoms with Crippen LogP contribution in [-0.4, -0.2) is 12.1 Å². The van der Waals surface area contributed by atoms with Gasteiger partial charge in [0.2, 0.25) is 0 Å². The fourth-order valence-electron chi connectivity index (χ4n) is 0.735. The lowest BCUT2D eigenvalue weighted by Gasteiger charge is -2.06. The average molecular weight is 285 g/mol. The van der Waals surface area contributed by atoms with E-state index in [9.17, 15) is 8.78 Å². The fraction of sp³-hybridized carbons (Fsp3) is 0.286. The largest absolute Gasteiger partial charge is 0.494 e. The van der Waals surface area contributed by atoms with E-state index in [-0.39, 0.29) is 5.56 Å². The number of pyridine rings is 1. The molecule has 0 aliphatic carbocycles. The second-order valence-electron chi connectivity index (χ2n) is 2.05. The van der Waals surface area contributed by atoms with Gasteiger partial charge in [0, 0.05) is 6.20 Å². The van der Waals surface area contributed by atoms with Gasteiger partial charge in [-0.2, -0.15) is 0 Å². The molecule has 5 heteroatoms. The van der Waals surface area contributed by atoms with E-state index in [1.807, 2.05) is 22.6 Å². The molecule has 0 atom stereocenters. The molecular weight excluding hydrogens is 279 g/mol. The van der Waals surface area contributed by atoms with E-state index in [1.165, 1.54) is 13.3 Å². The molecule has 0 radical (unpaired) electrons. The van der Waals surface area contributed by atoms with Gasteiger partial charge in [-0.1, -0.05) is 0 Å². The lowest BCUT2D eigenvalue weighted by molar-refractivity contribution is 0.149. The molecule has 0 aliphatic heterocycles. The lowest BCUT2D eigenvalue weighted by Crippen LogP contribution is -1.95. The van der Waals surface area contributed by atoms with E-state index in [1.54, 1.807) is 0 Å². The van der Waals surface area contributed by atoms with Crippen LogP contribution in [0, 0.1) is 3.57 Å². The van der Waals surface area contributed by atoms with Gasteiger partial charge in [-0.25, -0.2) is 8.78 Å². The van der Waals surface area contributed by atoms with Crippen LogP contribution >= 0.6 is 22.6 Å². The van der Waals surface area contributed by atoms with Crippen molar-refractivity contribution in [2.24, 2.45) is 0 Å². The average Bonchev–Trinajstić information content (AvgIpc) is 2.04. The van der Waals surface area contributed by atoms with Gasteiger partial charge in [-0.05, 0) is 22.6 Å².